The number of phenols is 1. The summed E-state index contributed by atoms with van der Waals surface area (Å²) in [5.41, 5.74) is 8.88. The maximum absolute atomic E-state index is 9.23. The van der Waals surface area contributed by atoms with Gasteiger partial charge in [0.25, 0.3) is 0 Å². The Morgan fingerprint density at radius 2 is 2.38 bits per heavy atom. The van der Waals surface area contributed by atoms with E-state index in [9.17, 15) is 5.11 Å². The molecule has 0 aromatic heterocycles. The van der Waals surface area contributed by atoms with Crippen LogP contribution < -0.4 is 4.74 Å². The molecule has 13 heavy (non-hydrogen) atoms. The normalized spacial score (nSPS) is 9.00. The highest BCUT2D eigenvalue weighted by Crippen LogP contribution is 2.26. The molecule has 0 unspecified atom stereocenters. The van der Waals surface area contributed by atoms with Gasteiger partial charge in [0.1, 0.15) is 0 Å². The van der Waals surface area contributed by atoms with E-state index in [1.165, 1.54) is 13.2 Å². The first-order valence-corrected chi connectivity index (χ1v) is 3.64. The van der Waals surface area contributed by atoms with Crippen LogP contribution in [0, 0.1) is 0 Å². The largest absolute Gasteiger partial charge is 0.504 e. The second-order valence-electron chi connectivity index (χ2n) is 2.40. The van der Waals surface area contributed by atoms with Crippen molar-refractivity contribution >= 4 is 0 Å². The topological polar surface area (TPSA) is 78.2 Å². The molecule has 68 valence electrons. The van der Waals surface area contributed by atoms with E-state index >= 15 is 0 Å². The number of hydrogen-bond acceptors (Lipinski definition) is 3. The number of ether oxygens (including phenoxy) is 1. The summed E-state index contributed by atoms with van der Waals surface area (Å²) in [6, 6.07) is 4.80. The predicted molar refractivity (Wildman–Crippen MR) is 47.5 cm³/mol. The third-order valence-electron chi connectivity index (χ3n) is 1.56. The van der Waals surface area contributed by atoms with E-state index in [1.807, 2.05) is 0 Å². The number of benzene rings is 1. The molecular formula is C8H9N3O2. The number of rotatable bonds is 3. The van der Waals surface area contributed by atoms with E-state index in [-0.39, 0.29) is 12.3 Å². The molecule has 1 N–H and O–H groups in total. The van der Waals surface area contributed by atoms with Crippen LogP contribution in [0.4, 0.5) is 0 Å². The van der Waals surface area contributed by atoms with Crippen LogP contribution in [-0.4, -0.2) is 12.2 Å². The maximum Gasteiger partial charge on any atom is 0.160 e. The predicted octanol–water partition coefficient (Wildman–Crippen LogP) is 2.21. The fourth-order valence-electron chi connectivity index (χ4n) is 0.934. The summed E-state index contributed by atoms with van der Waals surface area (Å²) < 4.78 is 4.88. The number of methoxy groups -OCH3 is 1. The van der Waals surface area contributed by atoms with Crippen molar-refractivity contribution in [3.63, 3.8) is 0 Å². The van der Waals surface area contributed by atoms with Gasteiger partial charge in [0.05, 0.1) is 13.7 Å². The summed E-state index contributed by atoms with van der Waals surface area (Å²) in [5.74, 6) is 0.456. The molecule has 0 atom stereocenters. The Bertz CT molecular complexity index is 345. The molecule has 0 aliphatic carbocycles. The van der Waals surface area contributed by atoms with Gasteiger partial charge in [-0.2, -0.15) is 0 Å². The lowest BCUT2D eigenvalue weighted by Crippen LogP contribution is -1.86. The van der Waals surface area contributed by atoms with Crippen molar-refractivity contribution in [2.24, 2.45) is 5.11 Å². The van der Waals surface area contributed by atoms with Crippen molar-refractivity contribution < 1.29 is 9.84 Å². The highest BCUT2D eigenvalue weighted by Gasteiger charge is 2.00. The lowest BCUT2D eigenvalue weighted by Gasteiger charge is -2.03. The van der Waals surface area contributed by atoms with Gasteiger partial charge in [-0.25, -0.2) is 0 Å². The fraction of sp³-hybridized carbons (Fsp3) is 0.250. The van der Waals surface area contributed by atoms with Crippen molar-refractivity contribution in [1.29, 1.82) is 0 Å². The van der Waals surface area contributed by atoms with E-state index in [2.05, 4.69) is 10.0 Å². The number of phenolic OH excluding ortho intramolecular Hbond substituents is 1. The maximum atomic E-state index is 9.23. The molecule has 1 aromatic rings. The molecule has 0 heterocycles. The van der Waals surface area contributed by atoms with Crippen LogP contribution in [0.1, 0.15) is 5.56 Å². The van der Waals surface area contributed by atoms with Gasteiger partial charge in [-0.3, -0.25) is 0 Å². The van der Waals surface area contributed by atoms with Gasteiger partial charge in [-0.1, -0.05) is 11.2 Å². The first-order chi connectivity index (χ1) is 6.27. The number of aromatic hydroxyl groups is 1. The molecule has 5 nitrogen and oxygen atoms in total. The fourth-order valence-corrected chi connectivity index (χ4v) is 0.934. The lowest BCUT2D eigenvalue weighted by atomic mass is 10.2. The molecule has 0 fully saturated rings. The van der Waals surface area contributed by atoms with Crippen molar-refractivity contribution in [2.45, 2.75) is 6.54 Å². The molecule has 0 radical (unpaired) electrons. The van der Waals surface area contributed by atoms with Crippen molar-refractivity contribution in [3.05, 3.63) is 34.2 Å². The Kier molecular flexibility index (Phi) is 3.00. The van der Waals surface area contributed by atoms with Gasteiger partial charge in [0.15, 0.2) is 11.5 Å². The molecule has 0 saturated heterocycles. The third-order valence-corrected chi connectivity index (χ3v) is 1.56. The molecule has 0 aliphatic heterocycles. The van der Waals surface area contributed by atoms with E-state index < -0.39 is 0 Å². The molecule has 1 aromatic carbocycles. The Balaban J connectivity index is 2.92. The number of hydrogen-bond donors (Lipinski definition) is 1. The molecular weight excluding hydrogens is 170 g/mol. The molecule has 0 spiro atoms. The Morgan fingerprint density at radius 1 is 1.62 bits per heavy atom. The summed E-state index contributed by atoms with van der Waals surface area (Å²) in [7, 11) is 1.46. The molecule has 5 heteroatoms. The smallest absolute Gasteiger partial charge is 0.160 e. The SMILES string of the molecule is COc1cc(CN=[N+]=[N-])ccc1O. The molecule has 0 aliphatic rings. The van der Waals surface area contributed by atoms with Gasteiger partial charge >= 0.3 is 0 Å². The summed E-state index contributed by atoms with van der Waals surface area (Å²) in [4.78, 5) is 2.63. The van der Waals surface area contributed by atoms with E-state index in [0.29, 0.717) is 5.75 Å². The van der Waals surface area contributed by atoms with Crippen molar-refractivity contribution in [1.82, 2.24) is 0 Å². The lowest BCUT2D eigenvalue weighted by molar-refractivity contribution is 0.373. The zero-order valence-corrected chi connectivity index (χ0v) is 7.14. The Labute approximate surface area is 75.2 Å². The Hall–Kier alpha value is -1.87. The average molecular weight is 179 g/mol. The second kappa shape index (κ2) is 4.23. The van der Waals surface area contributed by atoms with Crippen LogP contribution >= 0.6 is 0 Å². The highest BCUT2D eigenvalue weighted by molar-refractivity contribution is 5.41. The van der Waals surface area contributed by atoms with Gasteiger partial charge in [0, 0.05) is 4.91 Å². The van der Waals surface area contributed by atoms with Crippen LogP contribution in [-0.2, 0) is 6.54 Å². The van der Waals surface area contributed by atoms with Crippen LogP contribution in [0.3, 0.4) is 0 Å². The summed E-state index contributed by atoms with van der Waals surface area (Å²) in [5, 5.41) is 12.6. The summed E-state index contributed by atoms with van der Waals surface area (Å²) >= 11 is 0. The van der Waals surface area contributed by atoms with E-state index in [1.54, 1.807) is 12.1 Å². The quantitative estimate of drug-likeness (QED) is 0.438. The zero-order valence-electron chi connectivity index (χ0n) is 7.14. The van der Waals surface area contributed by atoms with Crippen molar-refractivity contribution in [2.75, 3.05) is 7.11 Å². The number of azide groups is 1. The Morgan fingerprint density at radius 3 is 3.00 bits per heavy atom. The van der Waals surface area contributed by atoms with Gasteiger partial charge in [-0.15, -0.1) is 0 Å². The molecule has 1 rings (SSSR count). The first kappa shape index (κ1) is 9.22. The average Bonchev–Trinajstić information content (AvgIpc) is 2.16. The van der Waals surface area contributed by atoms with E-state index in [4.69, 9.17) is 10.3 Å². The standard InChI is InChI=1S/C8H9N3O2/c1-13-8-4-6(5-10-11-9)2-3-7(8)12/h2-4,12H,5H2,1H3. The van der Waals surface area contributed by atoms with Crippen LogP contribution in [0.5, 0.6) is 11.5 Å². The van der Waals surface area contributed by atoms with Crippen LogP contribution in [0.2, 0.25) is 0 Å². The monoisotopic (exact) mass is 179 g/mol. The second-order valence-corrected chi connectivity index (χ2v) is 2.40. The molecule has 0 amide bonds. The first-order valence-electron chi connectivity index (χ1n) is 3.64. The van der Waals surface area contributed by atoms with Gasteiger partial charge in [0.2, 0.25) is 0 Å². The minimum atomic E-state index is 0.0761. The summed E-state index contributed by atoms with van der Waals surface area (Å²) in [6.45, 7) is 0.257. The van der Waals surface area contributed by atoms with Crippen molar-refractivity contribution in [3.8, 4) is 11.5 Å². The highest BCUT2D eigenvalue weighted by atomic mass is 16.5. The minimum absolute atomic E-state index is 0.0761. The third kappa shape index (κ3) is 2.28. The van der Waals surface area contributed by atoms with Gasteiger partial charge in [-0.05, 0) is 23.2 Å². The zero-order chi connectivity index (χ0) is 9.68. The van der Waals surface area contributed by atoms with Crippen LogP contribution in [0.15, 0.2) is 23.3 Å². The van der Waals surface area contributed by atoms with Gasteiger partial charge < -0.3 is 9.84 Å². The van der Waals surface area contributed by atoms with E-state index in [0.717, 1.165) is 5.56 Å². The summed E-state index contributed by atoms with van der Waals surface area (Å²) in [6.07, 6.45) is 0. The number of nitrogens with zero attached hydrogens (tertiary/aromatic N) is 3. The molecule has 0 saturated carbocycles. The minimum Gasteiger partial charge on any atom is -0.504 e. The van der Waals surface area contributed by atoms with Crippen LogP contribution in [0.25, 0.3) is 10.4 Å². The molecule has 0 bridgehead atoms.